The third kappa shape index (κ3) is 3.33. The van der Waals surface area contributed by atoms with Gasteiger partial charge in [-0.25, -0.2) is 0 Å². The second-order valence-corrected chi connectivity index (χ2v) is 7.34. The van der Waals surface area contributed by atoms with Crippen molar-refractivity contribution in [3.63, 3.8) is 0 Å². The number of carbonyl (C=O) groups excluding carboxylic acids is 2. The molecule has 1 saturated heterocycles. The van der Waals surface area contributed by atoms with E-state index in [4.69, 9.17) is 10.5 Å². The summed E-state index contributed by atoms with van der Waals surface area (Å²) in [6, 6.07) is 3.80. The van der Waals surface area contributed by atoms with Crippen molar-refractivity contribution in [3.8, 4) is 0 Å². The maximum atomic E-state index is 12.6. The number of aryl methyl sites for hydroxylation is 2. The highest BCUT2D eigenvalue weighted by Crippen LogP contribution is 2.32. The number of nitrogens with two attached hydrogens (primary N) is 1. The van der Waals surface area contributed by atoms with E-state index in [9.17, 15) is 9.59 Å². The fraction of sp³-hybridized carbons (Fsp3) is 0.500. The molecule has 0 atom stereocenters. The number of nitrogens with one attached hydrogen (secondary N) is 2. The number of aromatic nitrogens is 1. The van der Waals surface area contributed by atoms with Crippen molar-refractivity contribution in [3.05, 3.63) is 34.5 Å². The van der Waals surface area contributed by atoms with Crippen LogP contribution in [0, 0.1) is 0 Å². The highest BCUT2D eigenvalue weighted by molar-refractivity contribution is 6.00. The maximum Gasteiger partial charge on any atom is 0.248 e. The molecule has 4 rings (SSSR count). The summed E-state index contributed by atoms with van der Waals surface area (Å²) in [6.45, 7) is 1.38. The third-order valence-corrected chi connectivity index (χ3v) is 5.51. The van der Waals surface area contributed by atoms with Gasteiger partial charge in [-0.3, -0.25) is 9.59 Å². The molecule has 0 radical (unpaired) electrons. The summed E-state index contributed by atoms with van der Waals surface area (Å²) in [5.74, 6) is -0.476. The van der Waals surface area contributed by atoms with E-state index in [0.29, 0.717) is 18.8 Å². The summed E-state index contributed by atoms with van der Waals surface area (Å²) >= 11 is 0. The van der Waals surface area contributed by atoms with Crippen LogP contribution in [0.2, 0.25) is 0 Å². The van der Waals surface area contributed by atoms with Crippen molar-refractivity contribution in [1.82, 2.24) is 10.3 Å². The average Bonchev–Trinajstić information content (AvgIpc) is 3.01. The molecule has 6 nitrogen and oxygen atoms in total. The molecular weight excluding hydrogens is 330 g/mol. The molecule has 1 aromatic carbocycles. The molecule has 1 aliphatic heterocycles. The van der Waals surface area contributed by atoms with E-state index in [0.717, 1.165) is 48.6 Å². The van der Waals surface area contributed by atoms with Crippen molar-refractivity contribution in [2.24, 2.45) is 5.73 Å². The Morgan fingerprint density at radius 3 is 2.73 bits per heavy atom. The second-order valence-electron chi connectivity index (χ2n) is 7.34. The van der Waals surface area contributed by atoms with E-state index in [1.807, 2.05) is 6.07 Å². The molecule has 138 valence electrons. The molecular formula is C20H25N3O3. The van der Waals surface area contributed by atoms with Crippen LogP contribution in [0.5, 0.6) is 0 Å². The SMILES string of the molecule is NC(=O)c1cc(CC(=O)NC2CCOCC2)c2[nH]c3c(c2c1)CCCC3. The number of benzene rings is 1. The predicted octanol–water partition coefficient (Wildman–Crippen LogP) is 1.98. The molecule has 1 aromatic heterocycles. The van der Waals surface area contributed by atoms with Crippen LogP contribution >= 0.6 is 0 Å². The zero-order chi connectivity index (χ0) is 18.1. The Balaban J connectivity index is 1.65. The Labute approximate surface area is 152 Å². The van der Waals surface area contributed by atoms with Gasteiger partial charge < -0.3 is 20.8 Å². The van der Waals surface area contributed by atoms with Gasteiger partial charge in [-0.05, 0) is 61.8 Å². The normalized spacial score (nSPS) is 17.8. The zero-order valence-electron chi connectivity index (χ0n) is 14.9. The third-order valence-electron chi connectivity index (χ3n) is 5.51. The summed E-state index contributed by atoms with van der Waals surface area (Å²) in [7, 11) is 0. The van der Waals surface area contributed by atoms with Crippen LogP contribution in [0.3, 0.4) is 0 Å². The number of ether oxygens (including phenoxy) is 1. The summed E-state index contributed by atoms with van der Waals surface area (Å²) in [5.41, 5.74) is 10.3. The van der Waals surface area contributed by atoms with Crippen LogP contribution in [0.25, 0.3) is 10.9 Å². The van der Waals surface area contributed by atoms with E-state index in [1.165, 1.54) is 17.7 Å². The van der Waals surface area contributed by atoms with E-state index in [2.05, 4.69) is 10.3 Å². The number of aromatic amines is 1. The van der Waals surface area contributed by atoms with Gasteiger partial charge in [0.1, 0.15) is 0 Å². The van der Waals surface area contributed by atoms with Crippen LogP contribution in [0.15, 0.2) is 12.1 Å². The highest BCUT2D eigenvalue weighted by atomic mass is 16.5. The lowest BCUT2D eigenvalue weighted by Crippen LogP contribution is -2.39. The van der Waals surface area contributed by atoms with Crippen LogP contribution in [-0.4, -0.2) is 36.1 Å². The minimum Gasteiger partial charge on any atom is -0.381 e. The van der Waals surface area contributed by atoms with Crippen LogP contribution in [0.4, 0.5) is 0 Å². The average molecular weight is 355 g/mol. The summed E-state index contributed by atoms with van der Waals surface area (Å²) in [4.78, 5) is 27.9. The maximum absolute atomic E-state index is 12.6. The van der Waals surface area contributed by atoms with Crippen LogP contribution in [0.1, 0.15) is 52.9 Å². The smallest absolute Gasteiger partial charge is 0.248 e. The van der Waals surface area contributed by atoms with E-state index < -0.39 is 5.91 Å². The number of hydrogen-bond donors (Lipinski definition) is 3. The van der Waals surface area contributed by atoms with Gasteiger partial charge >= 0.3 is 0 Å². The second kappa shape index (κ2) is 7.11. The number of hydrogen-bond acceptors (Lipinski definition) is 3. The van der Waals surface area contributed by atoms with Crippen LogP contribution < -0.4 is 11.1 Å². The van der Waals surface area contributed by atoms with Crippen molar-refractivity contribution in [1.29, 1.82) is 0 Å². The Kier molecular flexibility index (Phi) is 4.68. The number of H-pyrrole nitrogens is 1. The molecule has 4 N–H and O–H groups in total. The molecule has 0 bridgehead atoms. The molecule has 2 aliphatic rings. The molecule has 1 fully saturated rings. The van der Waals surface area contributed by atoms with Crippen LogP contribution in [-0.2, 0) is 28.8 Å². The summed E-state index contributed by atoms with van der Waals surface area (Å²) < 4.78 is 5.34. The summed E-state index contributed by atoms with van der Waals surface area (Å²) in [5, 5.41) is 4.14. The Bertz CT molecular complexity index is 850. The Morgan fingerprint density at radius 2 is 1.96 bits per heavy atom. The van der Waals surface area contributed by atoms with Gasteiger partial charge in [-0.1, -0.05) is 0 Å². The van der Waals surface area contributed by atoms with E-state index in [-0.39, 0.29) is 18.4 Å². The number of amides is 2. The molecule has 0 saturated carbocycles. The molecule has 1 aliphatic carbocycles. The van der Waals surface area contributed by atoms with Crippen molar-refractivity contribution in [2.45, 2.75) is 51.0 Å². The lowest BCUT2D eigenvalue weighted by Gasteiger charge is -2.23. The monoisotopic (exact) mass is 355 g/mol. The van der Waals surface area contributed by atoms with E-state index in [1.54, 1.807) is 6.07 Å². The van der Waals surface area contributed by atoms with Gasteiger partial charge in [-0.15, -0.1) is 0 Å². The van der Waals surface area contributed by atoms with Gasteiger partial charge in [-0.2, -0.15) is 0 Å². The van der Waals surface area contributed by atoms with Gasteiger partial charge in [0.05, 0.1) is 6.42 Å². The molecule has 6 heteroatoms. The Hall–Kier alpha value is -2.34. The van der Waals surface area contributed by atoms with Gasteiger partial charge in [0, 0.05) is 41.4 Å². The molecule has 2 heterocycles. The van der Waals surface area contributed by atoms with Crippen molar-refractivity contribution in [2.75, 3.05) is 13.2 Å². The standard InChI is InChI=1S/C20H25N3O3/c21-20(25)13-9-12(11-18(24)22-14-5-7-26-8-6-14)19-16(10-13)15-3-1-2-4-17(15)23-19/h9-10,14,23H,1-8,11H2,(H2,21,25)(H,22,24). The number of carbonyl (C=O) groups is 2. The van der Waals surface area contributed by atoms with Crippen molar-refractivity contribution >= 4 is 22.7 Å². The lowest BCUT2D eigenvalue weighted by molar-refractivity contribution is -0.121. The first-order chi connectivity index (χ1) is 12.6. The predicted molar refractivity (Wildman–Crippen MR) is 99.1 cm³/mol. The first-order valence-corrected chi connectivity index (χ1v) is 9.45. The number of fused-ring (bicyclic) bond motifs is 3. The molecule has 0 unspecified atom stereocenters. The van der Waals surface area contributed by atoms with E-state index >= 15 is 0 Å². The zero-order valence-corrected chi connectivity index (χ0v) is 14.9. The highest BCUT2D eigenvalue weighted by Gasteiger charge is 2.21. The van der Waals surface area contributed by atoms with Crippen molar-refractivity contribution < 1.29 is 14.3 Å². The topological polar surface area (TPSA) is 97.2 Å². The van der Waals surface area contributed by atoms with Gasteiger partial charge in [0.15, 0.2) is 0 Å². The molecule has 26 heavy (non-hydrogen) atoms. The minimum absolute atomic E-state index is 0.0209. The summed E-state index contributed by atoms with van der Waals surface area (Å²) in [6.07, 6.45) is 6.28. The van der Waals surface area contributed by atoms with Gasteiger partial charge in [0.25, 0.3) is 0 Å². The quantitative estimate of drug-likeness (QED) is 0.782. The van der Waals surface area contributed by atoms with Gasteiger partial charge in [0.2, 0.25) is 11.8 Å². The molecule has 2 amide bonds. The lowest BCUT2D eigenvalue weighted by atomic mass is 9.94. The first kappa shape index (κ1) is 17.1. The number of primary amides is 1. The minimum atomic E-state index is -0.455. The fourth-order valence-electron chi connectivity index (χ4n) is 4.15. The Morgan fingerprint density at radius 1 is 1.19 bits per heavy atom. The first-order valence-electron chi connectivity index (χ1n) is 9.45. The number of rotatable bonds is 4. The molecule has 2 aromatic rings. The molecule has 0 spiro atoms. The fourth-order valence-corrected chi connectivity index (χ4v) is 4.15. The largest absolute Gasteiger partial charge is 0.381 e.